The van der Waals surface area contributed by atoms with E-state index in [0.29, 0.717) is 19.4 Å². The molecule has 0 aromatic rings. The van der Waals surface area contributed by atoms with Crippen molar-refractivity contribution in [2.75, 3.05) is 18.1 Å². The number of ketones is 1. The maximum absolute atomic E-state index is 12.1. The number of halogens is 1. The van der Waals surface area contributed by atoms with Gasteiger partial charge in [-0.2, -0.15) is 0 Å². The number of carbonyl (C=O) groups is 3. The average molecular weight is 424 g/mol. The summed E-state index contributed by atoms with van der Waals surface area (Å²) in [4.78, 5) is 36.1. The number of esters is 1. The molecule has 22 heavy (non-hydrogen) atoms. The van der Waals surface area contributed by atoms with Crippen LogP contribution in [0.15, 0.2) is 0 Å². The second kappa shape index (κ2) is 6.33. The Morgan fingerprint density at radius 1 is 1.32 bits per heavy atom. The van der Waals surface area contributed by atoms with Gasteiger partial charge in [-0.3, -0.25) is 0 Å². The third kappa shape index (κ3) is 3.55. The Kier molecular flexibility index (Phi) is 5.03. The van der Waals surface area contributed by atoms with E-state index in [-0.39, 0.29) is 17.3 Å². The monoisotopic (exact) mass is 424 g/mol. The number of carbonyl (C=O) groups excluding carboxylic acids is 3. The van der Waals surface area contributed by atoms with Crippen LogP contribution in [0.1, 0.15) is 40.0 Å². The molecule has 1 unspecified atom stereocenters. The third-order valence-electron chi connectivity index (χ3n) is 4.11. The molecule has 1 aliphatic carbocycles. The van der Waals surface area contributed by atoms with Crippen LogP contribution in [-0.2, 0) is 19.1 Å². The van der Waals surface area contributed by atoms with E-state index >= 15 is 0 Å². The molecule has 2 atom stereocenters. The van der Waals surface area contributed by atoms with Crippen LogP contribution in [0.3, 0.4) is 0 Å². The van der Waals surface area contributed by atoms with E-state index in [2.05, 4.69) is 0 Å². The van der Waals surface area contributed by atoms with E-state index in [9.17, 15) is 14.4 Å². The summed E-state index contributed by atoms with van der Waals surface area (Å²) in [6.07, 6.45) is 1.55. The number of rotatable bonds is 1. The number of alkyl halides is 1. The predicted octanol–water partition coefficient (Wildman–Crippen LogP) is -1.23. The van der Waals surface area contributed by atoms with Crippen molar-refractivity contribution in [3.05, 3.63) is 0 Å². The Morgan fingerprint density at radius 2 is 2.00 bits per heavy atom. The van der Waals surface area contributed by atoms with Gasteiger partial charge in [-0.1, -0.05) is 0 Å². The van der Waals surface area contributed by atoms with Crippen LogP contribution < -0.4 is 21.5 Å². The molecule has 2 fully saturated rings. The first-order valence-electron chi connectivity index (χ1n) is 7.39. The quantitative estimate of drug-likeness (QED) is 0.173. The number of amides is 1. The van der Waals surface area contributed by atoms with Gasteiger partial charge in [-0.25, -0.2) is 0 Å². The van der Waals surface area contributed by atoms with Crippen LogP contribution in [0.4, 0.5) is 4.79 Å². The van der Waals surface area contributed by atoms with Gasteiger partial charge in [0.2, 0.25) is 0 Å². The van der Waals surface area contributed by atoms with Crippen LogP contribution in [0.5, 0.6) is 0 Å². The average Bonchev–Trinajstić information content (AvgIpc) is 2.74. The molecule has 1 spiro atoms. The summed E-state index contributed by atoms with van der Waals surface area (Å²) in [5.41, 5.74) is -0.802. The first kappa shape index (κ1) is 17.5. The van der Waals surface area contributed by atoms with Crippen LogP contribution in [0, 0.1) is 11.3 Å². The minimum absolute atomic E-state index is 0.0124. The summed E-state index contributed by atoms with van der Waals surface area (Å²) in [5, 5.41) is 0. The van der Waals surface area contributed by atoms with Gasteiger partial charge in [-0.15, -0.1) is 0 Å². The van der Waals surface area contributed by atoms with E-state index in [1.807, 2.05) is 20.8 Å². The Bertz CT molecular complexity index is 477. The number of hydrogen-bond acceptors (Lipinski definition) is 5. The zero-order chi connectivity index (χ0) is 16.5. The van der Waals surface area contributed by atoms with Crippen molar-refractivity contribution in [1.82, 2.24) is 3.11 Å². The van der Waals surface area contributed by atoms with Crippen LogP contribution in [0.25, 0.3) is 0 Å². The molecule has 6 nitrogen and oxygen atoms in total. The van der Waals surface area contributed by atoms with Crippen LogP contribution >= 0.6 is 0 Å². The first-order valence-corrected chi connectivity index (χ1v) is 9.88. The van der Waals surface area contributed by atoms with Crippen molar-refractivity contribution in [1.29, 1.82) is 0 Å². The van der Waals surface area contributed by atoms with Crippen molar-refractivity contribution >= 4 is 17.8 Å². The fourth-order valence-corrected chi connectivity index (χ4v) is 6.26. The summed E-state index contributed by atoms with van der Waals surface area (Å²) in [6.45, 7) is 6.09. The van der Waals surface area contributed by atoms with E-state index in [1.54, 1.807) is 3.11 Å². The molecule has 2 rings (SSSR count). The summed E-state index contributed by atoms with van der Waals surface area (Å²) in [5.74, 6) is -1.07. The molecular formula is C15H23INO5-. The van der Waals surface area contributed by atoms with Gasteiger partial charge in [0.15, 0.2) is 0 Å². The zero-order valence-electron chi connectivity index (χ0n) is 13.5. The second-order valence-electron chi connectivity index (χ2n) is 6.85. The SMILES string of the molecule is COC(=O)C1C(=O)CC[C@]12CCN(C(=O)OC(C)(C)C)[I-]C2. The van der Waals surface area contributed by atoms with E-state index in [4.69, 9.17) is 9.47 Å². The van der Waals surface area contributed by atoms with Gasteiger partial charge in [0.1, 0.15) is 0 Å². The topological polar surface area (TPSA) is 72.9 Å². The standard InChI is InChI=1S/C15H23INO5/c1-14(2,3)22-13(20)17-8-7-15(9-16-17)6-5-10(18)11(15)12(19)21-4/h11H,5-9H2,1-4H3/q-1/t11?,15-/m1/s1. The third-order valence-corrected chi connectivity index (χ3v) is 7.67. The Hall–Kier alpha value is -0.860. The predicted molar refractivity (Wildman–Crippen MR) is 74.6 cm³/mol. The minimum atomic E-state index is -0.641. The molecule has 2 aliphatic rings. The molecule has 0 bridgehead atoms. The second-order valence-corrected chi connectivity index (χ2v) is 9.46. The molecule has 0 radical (unpaired) electrons. The molecule has 1 saturated carbocycles. The normalized spacial score (nSPS) is 29.2. The van der Waals surface area contributed by atoms with Crippen LogP contribution in [0.2, 0.25) is 0 Å². The summed E-state index contributed by atoms with van der Waals surface area (Å²) < 4.78 is 12.7. The molecule has 1 saturated heterocycles. The van der Waals surface area contributed by atoms with Gasteiger partial charge in [0, 0.05) is 0 Å². The van der Waals surface area contributed by atoms with E-state index in [1.165, 1.54) is 7.11 Å². The molecule has 7 heteroatoms. The molecular weight excluding hydrogens is 401 g/mol. The number of ether oxygens (including phenoxy) is 2. The number of nitrogens with zero attached hydrogens (tertiary/aromatic N) is 1. The first-order chi connectivity index (χ1) is 10.2. The van der Waals surface area contributed by atoms with Gasteiger partial charge in [0.05, 0.1) is 0 Å². The number of Topliss-reactive ketones (excluding diaryl/α,β-unsaturated/α-hetero) is 1. The molecule has 0 aromatic carbocycles. The molecule has 1 amide bonds. The van der Waals surface area contributed by atoms with Crippen molar-refractivity contribution < 1.29 is 45.3 Å². The van der Waals surface area contributed by atoms with Crippen molar-refractivity contribution in [3.63, 3.8) is 0 Å². The zero-order valence-corrected chi connectivity index (χ0v) is 15.6. The molecule has 1 heterocycles. The van der Waals surface area contributed by atoms with Crippen molar-refractivity contribution in [2.45, 2.75) is 45.6 Å². The fourth-order valence-electron chi connectivity index (χ4n) is 3.01. The van der Waals surface area contributed by atoms with Crippen LogP contribution in [-0.4, -0.2) is 44.6 Å². The summed E-state index contributed by atoms with van der Waals surface area (Å²) in [6, 6.07) is 0. The van der Waals surface area contributed by atoms with Gasteiger partial charge in [0.25, 0.3) is 0 Å². The van der Waals surface area contributed by atoms with E-state index in [0.717, 1.165) is 10.8 Å². The summed E-state index contributed by atoms with van der Waals surface area (Å²) in [7, 11) is 1.33. The van der Waals surface area contributed by atoms with Crippen molar-refractivity contribution in [3.8, 4) is 0 Å². The molecule has 1 aliphatic heterocycles. The molecule has 0 aromatic heterocycles. The number of methoxy groups -OCH3 is 1. The summed E-state index contributed by atoms with van der Waals surface area (Å²) >= 11 is -0.587. The molecule has 126 valence electrons. The molecule has 0 N–H and O–H groups in total. The van der Waals surface area contributed by atoms with Gasteiger partial charge < -0.3 is 0 Å². The Morgan fingerprint density at radius 3 is 2.50 bits per heavy atom. The van der Waals surface area contributed by atoms with E-state index < -0.39 is 39.0 Å². The van der Waals surface area contributed by atoms with Crippen molar-refractivity contribution in [2.24, 2.45) is 11.3 Å². The fraction of sp³-hybridized carbons (Fsp3) is 0.800. The number of hydrogen-bond donors (Lipinski definition) is 0. The maximum atomic E-state index is 12.1. The van der Waals surface area contributed by atoms with Gasteiger partial charge in [-0.05, 0) is 0 Å². The Labute approximate surface area is 141 Å². The Balaban J connectivity index is 2.03. The van der Waals surface area contributed by atoms with Gasteiger partial charge >= 0.3 is 141 Å².